The maximum atomic E-state index is 12.9. The number of aliphatic hydroxyl groups is 2. The Kier molecular flexibility index (Phi) is 7.28. The number of nitrogens with zero attached hydrogens (tertiary/aromatic N) is 1. The highest BCUT2D eigenvalue weighted by Crippen LogP contribution is 2.39. The number of carbonyl (C=O) groups excluding carboxylic acids is 2. The van der Waals surface area contributed by atoms with Crippen LogP contribution >= 0.6 is 0 Å². The van der Waals surface area contributed by atoms with Gasteiger partial charge in [-0.05, 0) is 48.9 Å². The number of aliphatic hydroxyl groups excluding tert-OH is 2. The van der Waals surface area contributed by atoms with Gasteiger partial charge in [0, 0.05) is 12.1 Å². The first-order valence-electron chi connectivity index (χ1n) is 9.97. The Morgan fingerprint density at radius 1 is 1.03 bits per heavy atom. The number of ether oxygens (including phenoxy) is 2. The molecule has 0 radical (unpaired) electrons. The molecule has 3 rings (SSSR count). The van der Waals surface area contributed by atoms with Crippen LogP contribution in [-0.2, 0) is 14.3 Å². The lowest BCUT2D eigenvalue weighted by Crippen LogP contribution is -2.33. The van der Waals surface area contributed by atoms with Crippen molar-refractivity contribution < 1.29 is 34.4 Å². The van der Waals surface area contributed by atoms with Crippen molar-refractivity contribution in [3.05, 3.63) is 65.2 Å². The molecule has 0 unspecified atom stereocenters. The minimum atomic E-state index is -0.843. The van der Waals surface area contributed by atoms with E-state index in [1.807, 2.05) is 6.92 Å². The van der Waals surface area contributed by atoms with Gasteiger partial charge in [0.15, 0.2) is 0 Å². The van der Waals surface area contributed by atoms with Crippen LogP contribution < -0.4 is 4.74 Å². The zero-order chi connectivity index (χ0) is 22.4. The van der Waals surface area contributed by atoms with E-state index in [9.17, 15) is 19.8 Å². The van der Waals surface area contributed by atoms with Gasteiger partial charge in [0.05, 0.1) is 38.0 Å². The second-order valence-corrected chi connectivity index (χ2v) is 6.88. The number of rotatable bonds is 9. The number of hydrogen-bond acceptors (Lipinski definition) is 7. The summed E-state index contributed by atoms with van der Waals surface area (Å²) in [6.07, 6.45) is 0. The largest absolute Gasteiger partial charge is 0.508 e. The minimum absolute atomic E-state index is 0.0398. The van der Waals surface area contributed by atoms with Crippen LogP contribution in [0.25, 0.3) is 5.76 Å². The number of ketones is 1. The smallest absolute Gasteiger partial charge is 0.295 e. The molecule has 2 aromatic rings. The molecule has 1 aliphatic rings. The lowest BCUT2D eigenvalue weighted by molar-refractivity contribution is -0.140. The summed E-state index contributed by atoms with van der Waals surface area (Å²) < 4.78 is 10.7. The fourth-order valence-corrected chi connectivity index (χ4v) is 3.47. The summed E-state index contributed by atoms with van der Waals surface area (Å²) in [5.41, 5.74) is 0.899. The number of likely N-dealkylation sites (tertiary alicyclic amines) is 1. The Labute approximate surface area is 180 Å². The van der Waals surface area contributed by atoms with Crippen molar-refractivity contribution in [1.82, 2.24) is 4.90 Å². The monoisotopic (exact) mass is 427 g/mol. The maximum Gasteiger partial charge on any atom is 0.295 e. The molecule has 0 saturated carbocycles. The maximum absolute atomic E-state index is 12.9. The van der Waals surface area contributed by atoms with Crippen LogP contribution in [0, 0.1) is 0 Å². The minimum Gasteiger partial charge on any atom is -0.508 e. The number of aromatic hydroxyl groups is 1. The number of carbonyl (C=O) groups is 2. The number of amides is 1. The van der Waals surface area contributed by atoms with Gasteiger partial charge in [-0.15, -0.1) is 0 Å². The fraction of sp³-hybridized carbons (Fsp3) is 0.304. The van der Waals surface area contributed by atoms with Crippen molar-refractivity contribution >= 4 is 17.4 Å². The first-order chi connectivity index (χ1) is 15.0. The van der Waals surface area contributed by atoms with Crippen molar-refractivity contribution in [3.63, 3.8) is 0 Å². The summed E-state index contributed by atoms with van der Waals surface area (Å²) in [6, 6.07) is 11.8. The molecule has 0 aliphatic carbocycles. The Hall–Kier alpha value is -3.36. The molecule has 1 amide bonds. The molecule has 0 aromatic heterocycles. The van der Waals surface area contributed by atoms with Crippen LogP contribution in [-0.4, -0.2) is 64.9 Å². The van der Waals surface area contributed by atoms with Gasteiger partial charge in [0.1, 0.15) is 17.3 Å². The van der Waals surface area contributed by atoms with Crippen molar-refractivity contribution in [1.29, 1.82) is 0 Å². The normalized spacial score (nSPS) is 17.9. The Morgan fingerprint density at radius 3 is 2.32 bits per heavy atom. The molecular weight excluding hydrogens is 402 g/mol. The molecule has 8 nitrogen and oxygen atoms in total. The summed E-state index contributed by atoms with van der Waals surface area (Å²) in [7, 11) is 0. The molecule has 1 aliphatic heterocycles. The summed E-state index contributed by atoms with van der Waals surface area (Å²) in [4.78, 5) is 27.0. The SMILES string of the molecule is CCOc1ccc(/C(O)=C2\C(=O)C(=O)N(CCOCCO)[C@@H]2c2ccc(O)cc2)cc1. The molecule has 3 N–H and O–H groups in total. The highest BCUT2D eigenvalue weighted by Gasteiger charge is 2.45. The van der Waals surface area contributed by atoms with Gasteiger partial charge >= 0.3 is 0 Å². The zero-order valence-electron chi connectivity index (χ0n) is 17.2. The van der Waals surface area contributed by atoms with Gasteiger partial charge in [-0.25, -0.2) is 0 Å². The standard InChI is InChI=1S/C23H25NO7/c1-2-31-18-9-5-16(6-10-18)21(27)19-20(15-3-7-17(26)8-4-15)24(23(29)22(19)28)11-13-30-14-12-25/h3-10,20,25-27H,2,11-14H2,1H3/b21-19+/t20-/m1/s1. The van der Waals surface area contributed by atoms with Gasteiger partial charge in [-0.2, -0.15) is 0 Å². The molecule has 1 saturated heterocycles. The van der Waals surface area contributed by atoms with E-state index in [1.54, 1.807) is 36.4 Å². The number of phenols is 1. The Bertz CT molecular complexity index is 951. The first kappa shape index (κ1) is 22.3. The fourth-order valence-electron chi connectivity index (χ4n) is 3.47. The number of Topliss-reactive ketones (excluding diaryl/α,β-unsaturated/α-hetero) is 1. The Balaban J connectivity index is 2.02. The van der Waals surface area contributed by atoms with Crippen LogP contribution in [0.4, 0.5) is 0 Å². The lowest BCUT2D eigenvalue weighted by atomic mass is 9.95. The van der Waals surface area contributed by atoms with E-state index >= 15 is 0 Å². The molecule has 8 heteroatoms. The van der Waals surface area contributed by atoms with Crippen LogP contribution in [0.3, 0.4) is 0 Å². The van der Waals surface area contributed by atoms with Crippen molar-refractivity contribution in [2.45, 2.75) is 13.0 Å². The molecule has 1 fully saturated rings. The second-order valence-electron chi connectivity index (χ2n) is 6.88. The highest BCUT2D eigenvalue weighted by atomic mass is 16.5. The molecule has 0 bridgehead atoms. The summed E-state index contributed by atoms with van der Waals surface area (Å²) in [5, 5.41) is 29.5. The third-order valence-corrected chi connectivity index (χ3v) is 4.90. The third kappa shape index (κ3) is 4.87. The first-order valence-corrected chi connectivity index (χ1v) is 9.97. The molecule has 31 heavy (non-hydrogen) atoms. The van der Waals surface area contributed by atoms with E-state index in [0.29, 0.717) is 23.5 Å². The molecule has 0 spiro atoms. The van der Waals surface area contributed by atoms with Gasteiger partial charge in [0.2, 0.25) is 0 Å². The van der Waals surface area contributed by atoms with Crippen molar-refractivity contribution in [2.75, 3.05) is 33.0 Å². The van der Waals surface area contributed by atoms with Gasteiger partial charge in [-0.3, -0.25) is 9.59 Å². The second kappa shape index (κ2) is 10.1. The molecule has 2 aromatic carbocycles. The number of hydrogen-bond donors (Lipinski definition) is 3. The molecule has 164 valence electrons. The third-order valence-electron chi connectivity index (χ3n) is 4.90. The van der Waals surface area contributed by atoms with E-state index < -0.39 is 17.7 Å². The predicted molar refractivity (Wildman–Crippen MR) is 113 cm³/mol. The van der Waals surface area contributed by atoms with Crippen LogP contribution in [0.15, 0.2) is 54.1 Å². The lowest BCUT2D eigenvalue weighted by Gasteiger charge is -2.25. The van der Waals surface area contributed by atoms with E-state index in [4.69, 9.17) is 14.6 Å². The average Bonchev–Trinajstić information content (AvgIpc) is 3.02. The predicted octanol–water partition coefficient (Wildman–Crippen LogP) is 2.22. The van der Waals surface area contributed by atoms with Crippen LogP contribution in [0.5, 0.6) is 11.5 Å². The van der Waals surface area contributed by atoms with Gasteiger partial charge < -0.3 is 29.7 Å². The van der Waals surface area contributed by atoms with Gasteiger partial charge in [-0.1, -0.05) is 12.1 Å². The molecular formula is C23H25NO7. The van der Waals surface area contributed by atoms with Crippen molar-refractivity contribution in [2.24, 2.45) is 0 Å². The number of phenolic OH excluding ortho intramolecular Hbond substituents is 1. The summed E-state index contributed by atoms with van der Waals surface area (Å²) in [6.45, 7) is 2.52. The summed E-state index contributed by atoms with van der Waals surface area (Å²) >= 11 is 0. The topological polar surface area (TPSA) is 117 Å². The van der Waals surface area contributed by atoms with Crippen LogP contribution in [0.2, 0.25) is 0 Å². The van der Waals surface area contributed by atoms with E-state index in [2.05, 4.69) is 0 Å². The zero-order valence-corrected chi connectivity index (χ0v) is 17.2. The average molecular weight is 427 g/mol. The molecule has 1 heterocycles. The highest BCUT2D eigenvalue weighted by molar-refractivity contribution is 6.46. The van der Waals surface area contributed by atoms with Crippen LogP contribution in [0.1, 0.15) is 24.1 Å². The van der Waals surface area contributed by atoms with Crippen molar-refractivity contribution in [3.8, 4) is 11.5 Å². The van der Waals surface area contributed by atoms with Gasteiger partial charge in [0.25, 0.3) is 11.7 Å². The Morgan fingerprint density at radius 2 is 1.71 bits per heavy atom. The van der Waals surface area contributed by atoms with E-state index in [0.717, 1.165) is 0 Å². The number of benzene rings is 2. The van der Waals surface area contributed by atoms with E-state index in [1.165, 1.54) is 17.0 Å². The molecule has 1 atom stereocenters. The quantitative estimate of drug-likeness (QED) is 0.243. The van der Waals surface area contributed by atoms with E-state index in [-0.39, 0.29) is 43.4 Å². The summed E-state index contributed by atoms with van der Waals surface area (Å²) in [5.74, 6) is -1.18.